The number of aliphatic hydroxyl groups is 2. The van der Waals surface area contributed by atoms with Crippen molar-refractivity contribution in [1.82, 2.24) is 0 Å². The van der Waals surface area contributed by atoms with Crippen LogP contribution in [-0.2, 0) is 28.7 Å². The van der Waals surface area contributed by atoms with Gasteiger partial charge >= 0.3 is 17.9 Å². The molecule has 10 heteroatoms. The lowest BCUT2D eigenvalue weighted by molar-refractivity contribution is -0.152. The highest BCUT2D eigenvalue weighted by Gasteiger charge is 2.11. The minimum Gasteiger partial charge on any atom is -0.481 e. The zero-order valence-corrected chi connectivity index (χ0v) is 22.3. The fourth-order valence-corrected chi connectivity index (χ4v) is 0.576. The molecule has 1 atom stereocenters. The Kier molecular flexibility index (Phi) is 64.1. The number of ether oxygens (including phenoxy) is 2. The number of allylic oxidation sites excluding steroid dienone is 1. The van der Waals surface area contributed by atoms with Crippen LogP contribution >= 0.6 is 0 Å². The smallest absolute Gasteiger partial charge is 0.305 e. The van der Waals surface area contributed by atoms with Gasteiger partial charge in [0.15, 0.2) is 0 Å². The summed E-state index contributed by atoms with van der Waals surface area (Å²) < 4.78 is 9.06. The molecule has 0 saturated carbocycles. The number of carbonyl (C=O) groups is 4. The molecule has 1 amide bonds. The van der Waals surface area contributed by atoms with E-state index in [1.165, 1.54) is 21.0 Å². The second-order valence-electron chi connectivity index (χ2n) is 6.93. The molecule has 216 valence electrons. The van der Waals surface area contributed by atoms with Gasteiger partial charge in [0.05, 0.1) is 19.8 Å². The number of rotatable bonds is 5. The van der Waals surface area contributed by atoms with Gasteiger partial charge in [-0.2, -0.15) is 0 Å². The molecule has 0 bridgehead atoms. The molecule has 5 N–H and O–H groups in total. The number of carbonyl (C=O) groups excluding carboxylic acids is 3. The van der Waals surface area contributed by atoms with Crippen LogP contribution in [-0.4, -0.2) is 64.6 Å². The average molecular weight is 516 g/mol. The van der Waals surface area contributed by atoms with Crippen molar-refractivity contribution < 1.29 is 44.0 Å². The van der Waals surface area contributed by atoms with Gasteiger partial charge in [-0.25, -0.2) is 0 Å². The van der Waals surface area contributed by atoms with Crippen molar-refractivity contribution in [2.45, 2.75) is 115 Å². The molecule has 0 spiro atoms. The molecule has 0 rings (SSSR count). The van der Waals surface area contributed by atoms with Crippen LogP contribution in [0.15, 0.2) is 12.7 Å². The van der Waals surface area contributed by atoms with Crippen LogP contribution in [0, 0.1) is 0 Å². The molecule has 0 aliphatic carbocycles. The summed E-state index contributed by atoms with van der Waals surface area (Å²) in [5, 5.41) is 23.7. The summed E-state index contributed by atoms with van der Waals surface area (Å²) in [5.74, 6) is -1.37. The van der Waals surface area contributed by atoms with E-state index in [1.807, 2.05) is 26.8 Å². The van der Waals surface area contributed by atoms with E-state index in [0.29, 0.717) is 12.8 Å². The first-order valence-electron chi connectivity index (χ1n) is 10.6. The topological polar surface area (TPSA) is 173 Å². The molecule has 0 aromatic carbocycles. The van der Waals surface area contributed by atoms with Crippen molar-refractivity contribution in [2.75, 3.05) is 13.7 Å². The van der Waals surface area contributed by atoms with Gasteiger partial charge in [-0.05, 0) is 34.1 Å². The summed E-state index contributed by atoms with van der Waals surface area (Å²) in [6.07, 6.45) is 3.53. The van der Waals surface area contributed by atoms with Gasteiger partial charge in [0, 0.05) is 26.2 Å². The van der Waals surface area contributed by atoms with E-state index in [0.717, 1.165) is 6.42 Å². The summed E-state index contributed by atoms with van der Waals surface area (Å²) in [6.45, 7) is 18.9. The van der Waals surface area contributed by atoms with Crippen LogP contribution in [0.4, 0.5) is 0 Å². The summed E-state index contributed by atoms with van der Waals surface area (Å²) in [7, 11) is 1.38. The Hall–Kier alpha value is -2.46. The largest absolute Gasteiger partial charge is 0.481 e. The van der Waals surface area contributed by atoms with Crippen molar-refractivity contribution >= 4 is 23.8 Å². The van der Waals surface area contributed by atoms with Crippen molar-refractivity contribution in [3.63, 3.8) is 0 Å². The Bertz CT molecular complexity index is 452. The second kappa shape index (κ2) is 41.8. The number of hydrogen-bond acceptors (Lipinski definition) is 8. The quantitative estimate of drug-likeness (QED) is 0.303. The Morgan fingerprint density at radius 2 is 1.29 bits per heavy atom. The predicted molar refractivity (Wildman–Crippen MR) is 144 cm³/mol. The van der Waals surface area contributed by atoms with Gasteiger partial charge < -0.3 is 30.5 Å². The first kappa shape index (κ1) is 53.8. The minimum atomic E-state index is -0.745. The van der Waals surface area contributed by atoms with Crippen LogP contribution in [0.25, 0.3) is 0 Å². The van der Waals surface area contributed by atoms with E-state index in [-0.39, 0.29) is 51.3 Å². The number of primary amides is 1. The van der Waals surface area contributed by atoms with Gasteiger partial charge in [-0.1, -0.05) is 48.6 Å². The molecule has 0 heterocycles. The average Bonchev–Trinajstić information content (AvgIpc) is 2.72. The first-order chi connectivity index (χ1) is 14.9. The summed E-state index contributed by atoms with van der Waals surface area (Å²) >= 11 is 0. The third kappa shape index (κ3) is 150. The van der Waals surface area contributed by atoms with E-state index in [1.54, 1.807) is 20.8 Å². The third-order valence-electron chi connectivity index (χ3n) is 2.17. The fourth-order valence-electron chi connectivity index (χ4n) is 0.576. The molecule has 0 aliphatic rings. The van der Waals surface area contributed by atoms with E-state index < -0.39 is 12.1 Å². The van der Waals surface area contributed by atoms with Gasteiger partial charge in [-0.15, -0.1) is 6.58 Å². The van der Waals surface area contributed by atoms with Crippen LogP contribution in [0.1, 0.15) is 103 Å². The molecule has 0 aliphatic heterocycles. The molecule has 0 radical (unpaired) electrons. The van der Waals surface area contributed by atoms with Crippen LogP contribution in [0.3, 0.4) is 0 Å². The molecular formula is C25H57NO9. The number of carboxylic acid groups (broad SMARTS) is 1. The maximum absolute atomic E-state index is 10.2. The van der Waals surface area contributed by atoms with Crippen molar-refractivity contribution in [3.05, 3.63) is 12.7 Å². The SMILES string of the molecule is C.C.C=CCC.CC(=O)OC(C)(C)C.CC(O)CO.CCC(=O)O.CCC(=O)OC.CCC(N)=O. The minimum absolute atomic E-state index is 0. The number of aliphatic carboxylic acids is 1. The molecule has 10 nitrogen and oxygen atoms in total. The Balaban J connectivity index is -0.0000000418. The number of nitrogens with two attached hydrogens (primary N) is 1. The maximum atomic E-state index is 10.2. The van der Waals surface area contributed by atoms with Gasteiger partial charge in [0.2, 0.25) is 5.91 Å². The molecule has 35 heavy (non-hydrogen) atoms. The molecule has 1 unspecified atom stereocenters. The normalized spacial score (nSPS) is 8.80. The van der Waals surface area contributed by atoms with Crippen molar-refractivity contribution in [1.29, 1.82) is 0 Å². The lowest BCUT2D eigenvalue weighted by atomic mass is 10.2. The summed E-state index contributed by atoms with van der Waals surface area (Å²) in [6, 6.07) is 0. The van der Waals surface area contributed by atoms with E-state index in [9.17, 15) is 19.2 Å². The van der Waals surface area contributed by atoms with E-state index in [4.69, 9.17) is 20.1 Å². The lowest BCUT2D eigenvalue weighted by Gasteiger charge is -2.17. The van der Waals surface area contributed by atoms with E-state index >= 15 is 0 Å². The number of hydrogen-bond donors (Lipinski definition) is 4. The van der Waals surface area contributed by atoms with Gasteiger partial charge in [0.25, 0.3) is 0 Å². The summed E-state index contributed by atoms with van der Waals surface area (Å²) in [5.41, 5.74) is 4.33. The number of carboxylic acids is 1. The highest BCUT2D eigenvalue weighted by Crippen LogP contribution is 2.05. The fraction of sp³-hybridized carbons (Fsp3) is 0.760. The first-order valence-corrected chi connectivity index (χ1v) is 10.6. The summed E-state index contributed by atoms with van der Waals surface area (Å²) in [4.78, 5) is 39.2. The third-order valence-corrected chi connectivity index (χ3v) is 2.17. The maximum Gasteiger partial charge on any atom is 0.305 e. The molecule has 0 aromatic rings. The number of aliphatic hydroxyl groups excluding tert-OH is 2. The van der Waals surface area contributed by atoms with Crippen LogP contribution < -0.4 is 5.73 Å². The Labute approximate surface area is 214 Å². The number of esters is 2. The Morgan fingerprint density at radius 1 is 1.00 bits per heavy atom. The number of methoxy groups -OCH3 is 1. The Morgan fingerprint density at radius 3 is 1.29 bits per heavy atom. The predicted octanol–water partition coefficient (Wildman–Crippen LogP) is 4.49. The monoisotopic (exact) mass is 515 g/mol. The zero-order chi connectivity index (χ0) is 28.0. The molecule has 0 aromatic heterocycles. The van der Waals surface area contributed by atoms with Gasteiger partial charge in [0.1, 0.15) is 5.60 Å². The highest BCUT2D eigenvalue weighted by molar-refractivity contribution is 5.73. The van der Waals surface area contributed by atoms with Crippen LogP contribution in [0.5, 0.6) is 0 Å². The molecule has 0 fully saturated rings. The van der Waals surface area contributed by atoms with Crippen molar-refractivity contribution in [2.24, 2.45) is 5.73 Å². The molecular weight excluding hydrogens is 458 g/mol. The van der Waals surface area contributed by atoms with Crippen molar-refractivity contribution in [3.8, 4) is 0 Å². The van der Waals surface area contributed by atoms with Crippen LogP contribution in [0.2, 0.25) is 0 Å². The van der Waals surface area contributed by atoms with Gasteiger partial charge in [-0.3, -0.25) is 19.2 Å². The zero-order valence-electron chi connectivity index (χ0n) is 22.3. The number of amides is 1. The van der Waals surface area contributed by atoms with E-state index in [2.05, 4.69) is 24.0 Å². The standard InChI is InChI=1S/C6H12O2.C4H8O2.C4H8.C3H7NO.C3H8O2.C3H6O2.2CH4/c1-5(7)8-6(2,3)4;1-3-4(5)6-2;1-3-4-2;1-2-3(4)5;1-3(5)2-4;1-2-3(4)5;;/h1-4H3;3H2,1-2H3;3H,1,4H2,2H3;2H2,1H3,(H2,4,5);3-5H,2H2,1H3;2H2,1H3,(H,4,5);2*1H4. The lowest BCUT2D eigenvalue weighted by Crippen LogP contribution is -2.21. The molecule has 0 saturated heterocycles. The highest BCUT2D eigenvalue weighted by atomic mass is 16.6. The second-order valence-corrected chi connectivity index (χ2v) is 6.93.